The topological polar surface area (TPSA) is 54.5 Å². The third-order valence-electron chi connectivity index (χ3n) is 2.27. The van der Waals surface area contributed by atoms with Crippen LogP contribution >= 0.6 is 0 Å². The lowest BCUT2D eigenvalue weighted by atomic mass is 10.1. The molecule has 3 rings (SSSR count). The number of hydrogen-bond acceptors (Lipinski definition) is 3. The minimum absolute atomic E-state index is 0.858. The molecule has 0 fully saturated rings. The molecule has 72 valence electrons. The Labute approximate surface area is 86.0 Å². The lowest BCUT2D eigenvalue weighted by Crippen LogP contribution is -1.80. The molecule has 1 aromatic carbocycles. The second-order valence-corrected chi connectivity index (χ2v) is 3.22. The summed E-state index contributed by atoms with van der Waals surface area (Å²) in [7, 11) is 0. The average Bonchev–Trinajstić information content (AvgIpc) is 2.74. The summed E-state index contributed by atoms with van der Waals surface area (Å²) in [5.74, 6) is 0. The van der Waals surface area contributed by atoms with Crippen LogP contribution in [-0.4, -0.2) is 20.2 Å². The summed E-state index contributed by atoms with van der Waals surface area (Å²) in [4.78, 5) is 8.15. The second-order valence-electron chi connectivity index (χ2n) is 3.22. The Morgan fingerprint density at radius 2 is 1.93 bits per heavy atom. The van der Waals surface area contributed by atoms with E-state index >= 15 is 0 Å². The molecule has 0 unspecified atom stereocenters. The van der Waals surface area contributed by atoms with Crippen molar-refractivity contribution >= 4 is 11.0 Å². The van der Waals surface area contributed by atoms with Crippen molar-refractivity contribution in [1.82, 2.24) is 20.2 Å². The van der Waals surface area contributed by atoms with Crippen molar-refractivity contribution in [2.45, 2.75) is 0 Å². The summed E-state index contributed by atoms with van der Waals surface area (Å²) >= 11 is 0. The molecule has 4 nitrogen and oxygen atoms in total. The number of aromatic nitrogens is 4. The third-order valence-corrected chi connectivity index (χ3v) is 2.27. The van der Waals surface area contributed by atoms with Crippen molar-refractivity contribution in [3.8, 4) is 11.3 Å². The number of nitrogens with zero attached hydrogens (tertiary/aromatic N) is 3. The molecule has 0 aliphatic carbocycles. The molecular formula is C11H8N4. The van der Waals surface area contributed by atoms with Gasteiger partial charge in [-0.25, -0.2) is 9.97 Å². The number of rotatable bonds is 1. The van der Waals surface area contributed by atoms with Crippen molar-refractivity contribution in [1.29, 1.82) is 0 Å². The highest BCUT2D eigenvalue weighted by Crippen LogP contribution is 2.22. The molecule has 0 radical (unpaired) electrons. The fourth-order valence-electron chi connectivity index (χ4n) is 1.57. The molecule has 15 heavy (non-hydrogen) atoms. The molecule has 0 saturated carbocycles. The SMILES string of the molecule is c1ccc(-c2n[nH]c3cncnc23)cc1. The number of nitrogens with one attached hydrogen (secondary N) is 1. The molecule has 3 aromatic rings. The van der Waals surface area contributed by atoms with E-state index in [2.05, 4.69) is 20.2 Å². The van der Waals surface area contributed by atoms with Gasteiger partial charge < -0.3 is 0 Å². The van der Waals surface area contributed by atoms with Crippen LogP contribution in [-0.2, 0) is 0 Å². The van der Waals surface area contributed by atoms with Crippen molar-refractivity contribution in [3.63, 3.8) is 0 Å². The monoisotopic (exact) mass is 196 g/mol. The average molecular weight is 196 g/mol. The maximum atomic E-state index is 4.24. The van der Waals surface area contributed by atoms with Gasteiger partial charge in [-0.3, -0.25) is 5.10 Å². The number of fused-ring (bicyclic) bond motifs is 1. The first-order valence-corrected chi connectivity index (χ1v) is 4.64. The zero-order chi connectivity index (χ0) is 10.1. The third kappa shape index (κ3) is 1.27. The van der Waals surface area contributed by atoms with Crippen LogP contribution in [0.2, 0.25) is 0 Å². The number of benzene rings is 1. The fraction of sp³-hybridized carbons (Fsp3) is 0. The van der Waals surface area contributed by atoms with Crippen LogP contribution in [0.4, 0.5) is 0 Å². The highest BCUT2D eigenvalue weighted by molar-refractivity contribution is 5.88. The van der Waals surface area contributed by atoms with E-state index in [9.17, 15) is 0 Å². The second kappa shape index (κ2) is 3.16. The van der Waals surface area contributed by atoms with Crippen LogP contribution in [0.3, 0.4) is 0 Å². The van der Waals surface area contributed by atoms with E-state index in [-0.39, 0.29) is 0 Å². The summed E-state index contributed by atoms with van der Waals surface area (Å²) in [6, 6.07) is 9.97. The molecule has 2 heterocycles. The smallest absolute Gasteiger partial charge is 0.119 e. The van der Waals surface area contributed by atoms with Gasteiger partial charge in [-0.05, 0) is 0 Å². The standard InChI is InChI=1S/C11H8N4/c1-2-4-8(5-3-1)10-11-9(14-15-10)6-12-7-13-11/h1-7H,(H,14,15). The molecule has 0 aliphatic rings. The first-order valence-electron chi connectivity index (χ1n) is 4.64. The quantitative estimate of drug-likeness (QED) is 0.647. The molecule has 0 bridgehead atoms. The number of aromatic amines is 1. The lowest BCUT2D eigenvalue weighted by molar-refractivity contribution is 1.12. The summed E-state index contributed by atoms with van der Waals surface area (Å²) in [6.45, 7) is 0. The molecule has 0 amide bonds. The van der Waals surface area contributed by atoms with E-state index in [1.807, 2.05) is 30.3 Å². The Balaban J connectivity index is 2.28. The van der Waals surface area contributed by atoms with Gasteiger partial charge in [0.1, 0.15) is 23.1 Å². The van der Waals surface area contributed by atoms with Crippen molar-refractivity contribution in [2.75, 3.05) is 0 Å². The Kier molecular flexibility index (Phi) is 1.71. The highest BCUT2D eigenvalue weighted by Gasteiger charge is 2.07. The van der Waals surface area contributed by atoms with Gasteiger partial charge in [-0.1, -0.05) is 30.3 Å². The Bertz CT molecular complexity index is 586. The van der Waals surface area contributed by atoms with E-state index in [1.54, 1.807) is 6.20 Å². The lowest BCUT2D eigenvalue weighted by Gasteiger charge is -1.94. The van der Waals surface area contributed by atoms with Crippen molar-refractivity contribution < 1.29 is 0 Å². The van der Waals surface area contributed by atoms with E-state index in [0.29, 0.717) is 0 Å². The maximum absolute atomic E-state index is 4.24. The van der Waals surface area contributed by atoms with E-state index < -0.39 is 0 Å². The van der Waals surface area contributed by atoms with E-state index in [4.69, 9.17) is 0 Å². The predicted octanol–water partition coefficient (Wildman–Crippen LogP) is 2.02. The molecule has 2 aromatic heterocycles. The summed E-state index contributed by atoms with van der Waals surface area (Å²) in [5.41, 5.74) is 3.64. The maximum Gasteiger partial charge on any atom is 0.119 e. The Morgan fingerprint density at radius 1 is 1.07 bits per heavy atom. The van der Waals surface area contributed by atoms with Crippen LogP contribution in [0, 0.1) is 0 Å². The van der Waals surface area contributed by atoms with Gasteiger partial charge in [0.25, 0.3) is 0 Å². The van der Waals surface area contributed by atoms with Gasteiger partial charge in [0.05, 0.1) is 6.20 Å². The largest absolute Gasteiger partial charge is 0.274 e. The summed E-state index contributed by atoms with van der Waals surface area (Å²) in [6.07, 6.45) is 3.26. The fourth-order valence-corrected chi connectivity index (χ4v) is 1.57. The van der Waals surface area contributed by atoms with Crippen LogP contribution in [0.5, 0.6) is 0 Å². The van der Waals surface area contributed by atoms with Gasteiger partial charge >= 0.3 is 0 Å². The molecular weight excluding hydrogens is 188 g/mol. The summed E-state index contributed by atoms with van der Waals surface area (Å²) < 4.78 is 0. The minimum atomic E-state index is 0.858. The van der Waals surface area contributed by atoms with E-state index in [1.165, 1.54) is 6.33 Å². The molecule has 1 N–H and O–H groups in total. The predicted molar refractivity (Wildman–Crippen MR) is 57.1 cm³/mol. The number of hydrogen-bond donors (Lipinski definition) is 1. The number of H-pyrrole nitrogens is 1. The van der Waals surface area contributed by atoms with Crippen LogP contribution in [0.1, 0.15) is 0 Å². The Morgan fingerprint density at radius 3 is 2.80 bits per heavy atom. The van der Waals surface area contributed by atoms with Crippen molar-refractivity contribution in [2.24, 2.45) is 0 Å². The van der Waals surface area contributed by atoms with Gasteiger partial charge in [-0.2, -0.15) is 5.10 Å². The normalized spacial score (nSPS) is 10.7. The van der Waals surface area contributed by atoms with Crippen LogP contribution in [0.25, 0.3) is 22.3 Å². The highest BCUT2D eigenvalue weighted by atomic mass is 15.1. The molecule has 0 aliphatic heterocycles. The summed E-state index contributed by atoms with van der Waals surface area (Å²) in [5, 5.41) is 7.15. The van der Waals surface area contributed by atoms with Gasteiger partial charge in [0, 0.05) is 5.56 Å². The molecule has 0 saturated heterocycles. The Hall–Kier alpha value is -2.23. The van der Waals surface area contributed by atoms with Crippen LogP contribution in [0.15, 0.2) is 42.9 Å². The molecule has 0 atom stereocenters. The van der Waals surface area contributed by atoms with Gasteiger partial charge in [0.2, 0.25) is 0 Å². The first kappa shape index (κ1) is 8.11. The van der Waals surface area contributed by atoms with Gasteiger partial charge in [-0.15, -0.1) is 0 Å². The zero-order valence-electron chi connectivity index (χ0n) is 7.88. The minimum Gasteiger partial charge on any atom is -0.274 e. The first-order chi connectivity index (χ1) is 7.45. The van der Waals surface area contributed by atoms with Crippen LogP contribution < -0.4 is 0 Å². The van der Waals surface area contributed by atoms with E-state index in [0.717, 1.165) is 22.3 Å². The van der Waals surface area contributed by atoms with Gasteiger partial charge in [0.15, 0.2) is 0 Å². The molecule has 0 spiro atoms. The van der Waals surface area contributed by atoms with Crippen molar-refractivity contribution in [3.05, 3.63) is 42.9 Å². The molecule has 4 heteroatoms. The zero-order valence-corrected chi connectivity index (χ0v) is 7.88.